The van der Waals surface area contributed by atoms with Crippen LogP contribution in [0.3, 0.4) is 0 Å². The maximum atomic E-state index is 13.6. The van der Waals surface area contributed by atoms with Crippen LogP contribution in [-0.4, -0.2) is 16.5 Å². The zero-order valence-corrected chi connectivity index (χ0v) is 15.3. The van der Waals surface area contributed by atoms with E-state index in [1.807, 2.05) is 28.1 Å². The number of benzene rings is 1. The number of amides is 1. The first kappa shape index (κ1) is 16.1. The third-order valence-electron chi connectivity index (χ3n) is 6.02. The summed E-state index contributed by atoms with van der Waals surface area (Å²) >= 11 is 1.62. The summed E-state index contributed by atoms with van der Waals surface area (Å²) in [5.74, 6) is 1.21. The van der Waals surface area contributed by atoms with Gasteiger partial charge in [-0.2, -0.15) is 0 Å². The maximum absolute atomic E-state index is 13.6. The van der Waals surface area contributed by atoms with E-state index in [-0.39, 0.29) is 11.7 Å². The highest BCUT2D eigenvalue weighted by atomic mass is 32.1. The number of fused-ring (bicyclic) bond motifs is 3. The van der Waals surface area contributed by atoms with Crippen molar-refractivity contribution in [3.05, 3.63) is 58.9 Å². The predicted octanol–water partition coefficient (Wildman–Crippen LogP) is 4.81. The molecule has 2 aliphatic carbocycles. The Morgan fingerprint density at radius 1 is 1.23 bits per heavy atom. The molecule has 2 fully saturated rings. The predicted molar refractivity (Wildman–Crippen MR) is 102 cm³/mol. The number of nitrogens with one attached hydrogen (secondary N) is 1. The molecule has 134 valence electrons. The Bertz CT molecular complexity index is 975. The molecule has 3 atom stereocenters. The van der Waals surface area contributed by atoms with Crippen molar-refractivity contribution in [2.24, 2.45) is 11.8 Å². The number of hydrogen-bond donors (Lipinski definition) is 1. The van der Waals surface area contributed by atoms with Crippen LogP contribution < -0.4 is 5.32 Å². The number of aromatic nitrogens is 1. The lowest BCUT2D eigenvalue weighted by Gasteiger charge is -2.23. The topological polar surface area (TPSA) is 34.0 Å². The molecular weight excluding hydrogens is 347 g/mol. The van der Waals surface area contributed by atoms with Crippen LogP contribution in [0.2, 0.25) is 0 Å². The van der Waals surface area contributed by atoms with E-state index < -0.39 is 0 Å². The minimum atomic E-state index is -0.245. The summed E-state index contributed by atoms with van der Waals surface area (Å²) in [7, 11) is 0. The van der Waals surface area contributed by atoms with Gasteiger partial charge in [-0.1, -0.05) is 18.6 Å². The van der Waals surface area contributed by atoms with Crippen molar-refractivity contribution < 1.29 is 9.18 Å². The molecule has 2 bridgehead atoms. The normalized spacial score (nSPS) is 24.4. The molecule has 2 heterocycles. The molecule has 2 saturated carbocycles. The summed E-state index contributed by atoms with van der Waals surface area (Å²) < 4.78 is 15.6. The molecule has 26 heavy (non-hydrogen) atoms. The molecule has 0 unspecified atom stereocenters. The minimum absolute atomic E-state index is 0.00218. The van der Waals surface area contributed by atoms with Crippen LogP contribution in [-0.2, 0) is 6.54 Å². The Kier molecular flexibility index (Phi) is 3.85. The van der Waals surface area contributed by atoms with Crippen LogP contribution in [0.15, 0.2) is 41.8 Å². The Labute approximate surface area is 155 Å². The van der Waals surface area contributed by atoms with Crippen molar-refractivity contribution in [3.63, 3.8) is 0 Å². The lowest BCUT2D eigenvalue weighted by molar-refractivity contribution is 0.0914. The second kappa shape index (κ2) is 6.23. The van der Waals surface area contributed by atoms with Gasteiger partial charge in [0.05, 0.1) is 0 Å². The highest BCUT2D eigenvalue weighted by Gasteiger charge is 2.40. The smallest absolute Gasteiger partial charge is 0.268 e. The quantitative estimate of drug-likeness (QED) is 0.705. The Hall–Kier alpha value is -2.14. The van der Waals surface area contributed by atoms with Crippen LogP contribution >= 0.6 is 11.3 Å². The molecule has 3 nitrogen and oxygen atoms in total. The lowest BCUT2D eigenvalue weighted by Crippen LogP contribution is -2.39. The van der Waals surface area contributed by atoms with Gasteiger partial charge in [0.2, 0.25) is 0 Å². The number of carbonyl (C=O) groups excluding carboxylic acids is 1. The van der Waals surface area contributed by atoms with E-state index in [0.717, 1.165) is 28.1 Å². The molecule has 0 radical (unpaired) electrons. The first-order valence-electron chi connectivity index (χ1n) is 9.29. The molecule has 0 aliphatic heterocycles. The fourth-order valence-corrected chi connectivity index (χ4v) is 5.70. The monoisotopic (exact) mass is 368 g/mol. The van der Waals surface area contributed by atoms with Gasteiger partial charge < -0.3 is 9.88 Å². The van der Waals surface area contributed by atoms with Gasteiger partial charge in [0, 0.05) is 18.0 Å². The fraction of sp³-hybridized carbons (Fsp3) is 0.381. The highest BCUT2D eigenvalue weighted by Crippen LogP contribution is 2.44. The Morgan fingerprint density at radius 3 is 2.92 bits per heavy atom. The Balaban J connectivity index is 1.45. The zero-order chi connectivity index (χ0) is 17.7. The second-order valence-corrected chi connectivity index (χ2v) is 8.58. The number of nitrogens with zero attached hydrogens (tertiary/aromatic N) is 1. The Morgan fingerprint density at radius 2 is 2.15 bits per heavy atom. The molecule has 1 aromatic carbocycles. The van der Waals surface area contributed by atoms with Crippen LogP contribution in [0.25, 0.3) is 10.2 Å². The molecule has 5 rings (SSSR count). The van der Waals surface area contributed by atoms with Crippen molar-refractivity contribution in [2.45, 2.75) is 38.3 Å². The molecule has 3 aromatic rings. The molecule has 2 aliphatic rings. The van der Waals surface area contributed by atoms with E-state index in [1.165, 1.54) is 31.4 Å². The van der Waals surface area contributed by atoms with Gasteiger partial charge in [-0.3, -0.25) is 4.79 Å². The molecule has 0 spiro atoms. The number of rotatable bonds is 4. The summed E-state index contributed by atoms with van der Waals surface area (Å²) in [4.78, 5) is 14.1. The van der Waals surface area contributed by atoms with Gasteiger partial charge in [0.25, 0.3) is 5.91 Å². The van der Waals surface area contributed by atoms with Crippen molar-refractivity contribution in [2.75, 3.05) is 0 Å². The summed E-state index contributed by atoms with van der Waals surface area (Å²) in [5, 5.41) is 6.39. The van der Waals surface area contributed by atoms with E-state index >= 15 is 0 Å². The summed E-state index contributed by atoms with van der Waals surface area (Å²) in [6.45, 7) is 0.501. The van der Waals surface area contributed by atoms with Gasteiger partial charge in [0.15, 0.2) is 0 Å². The minimum Gasteiger partial charge on any atom is -0.348 e. The van der Waals surface area contributed by atoms with Gasteiger partial charge in [-0.15, -0.1) is 11.3 Å². The SMILES string of the molecule is O=C(N[C@H]1C[C@H]2CC[C@H]1C2)c1cc2ccsc2n1Cc1cccc(F)c1. The van der Waals surface area contributed by atoms with Crippen molar-refractivity contribution in [3.8, 4) is 0 Å². The van der Waals surface area contributed by atoms with Crippen LogP contribution in [0.5, 0.6) is 0 Å². The number of halogens is 1. The van der Waals surface area contributed by atoms with E-state index in [1.54, 1.807) is 17.4 Å². The maximum Gasteiger partial charge on any atom is 0.268 e. The van der Waals surface area contributed by atoms with Gasteiger partial charge >= 0.3 is 0 Å². The van der Waals surface area contributed by atoms with Crippen molar-refractivity contribution in [1.82, 2.24) is 9.88 Å². The summed E-state index contributed by atoms with van der Waals surface area (Å²) in [6, 6.07) is 10.9. The van der Waals surface area contributed by atoms with Gasteiger partial charge in [-0.25, -0.2) is 4.39 Å². The van der Waals surface area contributed by atoms with Crippen molar-refractivity contribution >= 4 is 27.5 Å². The lowest BCUT2D eigenvalue weighted by atomic mass is 9.95. The molecule has 1 N–H and O–H groups in total. The highest BCUT2D eigenvalue weighted by molar-refractivity contribution is 7.16. The zero-order valence-electron chi connectivity index (χ0n) is 14.5. The largest absolute Gasteiger partial charge is 0.348 e. The first-order valence-corrected chi connectivity index (χ1v) is 10.2. The molecule has 5 heteroatoms. The van der Waals surface area contributed by atoms with Crippen LogP contribution in [0.4, 0.5) is 4.39 Å². The molecule has 2 aromatic heterocycles. The summed E-state index contributed by atoms with van der Waals surface area (Å²) in [5.41, 5.74) is 1.55. The summed E-state index contributed by atoms with van der Waals surface area (Å²) in [6.07, 6.45) is 4.96. The van der Waals surface area contributed by atoms with Gasteiger partial charge in [0.1, 0.15) is 16.3 Å². The number of hydrogen-bond acceptors (Lipinski definition) is 2. The van der Waals surface area contributed by atoms with Crippen LogP contribution in [0.1, 0.15) is 41.7 Å². The molecule has 1 amide bonds. The number of carbonyl (C=O) groups is 1. The molecule has 0 saturated heterocycles. The third-order valence-corrected chi connectivity index (χ3v) is 6.97. The van der Waals surface area contributed by atoms with E-state index in [0.29, 0.717) is 24.2 Å². The van der Waals surface area contributed by atoms with E-state index in [4.69, 9.17) is 0 Å². The van der Waals surface area contributed by atoms with E-state index in [2.05, 4.69) is 5.32 Å². The van der Waals surface area contributed by atoms with E-state index in [9.17, 15) is 9.18 Å². The van der Waals surface area contributed by atoms with Crippen molar-refractivity contribution in [1.29, 1.82) is 0 Å². The fourth-order valence-electron chi connectivity index (χ4n) is 4.80. The second-order valence-electron chi connectivity index (χ2n) is 7.68. The van der Waals surface area contributed by atoms with Crippen LogP contribution in [0, 0.1) is 17.7 Å². The average molecular weight is 368 g/mol. The third kappa shape index (κ3) is 2.75. The number of thiophene rings is 1. The first-order chi connectivity index (χ1) is 12.7. The van der Waals surface area contributed by atoms with Gasteiger partial charge in [-0.05, 0) is 66.3 Å². The average Bonchev–Trinajstić information content (AvgIpc) is 3.37. The standard InChI is InChI=1S/C21H21FN2OS/c22-17-3-1-2-14(9-17)12-24-19(11-16-6-7-26-21(16)24)20(25)23-18-10-13-4-5-15(18)8-13/h1-3,6-7,9,11,13,15,18H,4-5,8,10,12H2,(H,23,25)/t13-,15-,18-/m0/s1. The molecular formula is C21H21FN2OS.